The maximum atomic E-state index is 12.7. The fraction of sp³-hybridized carbons (Fsp3) is 0.750. The first-order valence-corrected chi connectivity index (χ1v) is 13.1. The molecule has 1 saturated heterocycles. The van der Waals surface area contributed by atoms with Crippen molar-refractivity contribution in [1.29, 1.82) is 0 Å². The van der Waals surface area contributed by atoms with Crippen molar-refractivity contribution in [2.45, 2.75) is 135 Å². The summed E-state index contributed by atoms with van der Waals surface area (Å²) < 4.78 is 0. The number of carbonyl (C=O) groups is 1. The molecule has 1 aromatic carbocycles. The van der Waals surface area contributed by atoms with Crippen LogP contribution in [-0.4, -0.2) is 28.1 Å². The summed E-state index contributed by atoms with van der Waals surface area (Å²) in [5.41, 5.74) is 0.952. The summed E-state index contributed by atoms with van der Waals surface area (Å²) in [5.74, 6) is 0.217. The Morgan fingerprint density at radius 2 is 1.66 bits per heavy atom. The monoisotopic (exact) mass is 444 g/mol. The molecule has 32 heavy (non-hydrogen) atoms. The van der Waals surface area contributed by atoms with Crippen LogP contribution in [0.3, 0.4) is 0 Å². The molecule has 0 bridgehead atoms. The number of rotatable bonds is 13. The van der Waals surface area contributed by atoms with Gasteiger partial charge in [-0.05, 0) is 58.4 Å². The van der Waals surface area contributed by atoms with Crippen LogP contribution in [0.2, 0.25) is 0 Å². The molecule has 4 heteroatoms. The SMILES string of the molecule is CCCCCCCCC(=O)N[C@H]1CC(C)(C)N(O[C@@H](C)c2ccccc2)C(CC)(CC)C1. The van der Waals surface area contributed by atoms with Crippen LogP contribution < -0.4 is 5.32 Å². The van der Waals surface area contributed by atoms with Crippen molar-refractivity contribution in [2.24, 2.45) is 0 Å². The van der Waals surface area contributed by atoms with Crippen LogP contribution in [0.4, 0.5) is 0 Å². The van der Waals surface area contributed by atoms with E-state index in [-0.39, 0.29) is 29.1 Å². The lowest BCUT2D eigenvalue weighted by molar-refractivity contribution is -0.316. The molecule has 0 aliphatic carbocycles. The second-order valence-electron chi connectivity index (χ2n) is 10.4. The Bertz CT molecular complexity index is 669. The van der Waals surface area contributed by atoms with Gasteiger partial charge in [0.2, 0.25) is 5.91 Å². The lowest BCUT2D eigenvalue weighted by Gasteiger charge is -2.57. The van der Waals surface area contributed by atoms with Crippen LogP contribution in [0.1, 0.15) is 124 Å². The quantitative estimate of drug-likeness (QED) is 0.323. The van der Waals surface area contributed by atoms with E-state index in [0.29, 0.717) is 6.42 Å². The van der Waals surface area contributed by atoms with Gasteiger partial charge in [-0.3, -0.25) is 9.63 Å². The van der Waals surface area contributed by atoms with E-state index in [1.807, 2.05) is 6.07 Å². The lowest BCUT2D eigenvalue weighted by Crippen LogP contribution is -2.66. The number of benzene rings is 1. The highest BCUT2D eigenvalue weighted by atomic mass is 16.7. The van der Waals surface area contributed by atoms with E-state index in [1.54, 1.807) is 0 Å². The molecular weight excluding hydrogens is 396 g/mol. The standard InChI is InChI=1S/C28H48N2O2/c1-7-10-11-12-13-17-20-26(31)29-25-21-27(5,6)30(28(8-2,9-3)22-25)32-23(4)24-18-15-14-16-19-24/h14-16,18-19,23,25H,7-13,17,20-22H2,1-6H3,(H,29,31)/t23-,25-/m0/s1. The smallest absolute Gasteiger partial charge is 0.220 e. The third-order valence-corrected chi connectivity index (χ3v) is 7.32. The molecular formula is C28H48N2O2. The molecule has 1 amide bonds. The van der Waals surface area contributed by atoms with Gasteiger partial charge in [0, 0.05) is 23.5 Å². The van der Waals surface area contributed by atoms with Crippen molar-refractivity contribution in [2.75, 3.05) is 0 Å². The van der Waals surface area contributed by atoms with Gasteiger partial charge in [0.05, 0.1) is 0 Å². The fourth-order valence-corrected chi connectivity index (χ4v) is 5.43. The van der Waals surface area contributed by atoms with Crippen LogP contribution in [0, 0.1) is 0 Å². The van der Waals surface area contributed by atoms with Gasteiger partial charge >= 0.3 is 0 Å². The molecule has 2 rings (SSSR count). The molecule has 0 aromatic heterocycles. The second-order valence-corrected chi connectivity index (χ2v) is 10.4. The largest absolute Gasteiger partial charge is 0.353 e. The lowest BCUT2D eigenvalue weighted by atomic mass is 9.74. The molecule has 1 aliphatic heterocycles. The number of hydroxylamine groups is 2. The van der Waals surface area contributed by atoms with Gasteiger partial charge in [0.15, 0.2) is 0 Å². The summed E-state index contributed by atoms with van der Waals surface area (Å²) in [7, 11) is 0. The minimum atomic E-state index is -0.161. The number of piperidine rings is 1. The molecule has 1 heterocycles. The number of hydrogen-bond acceptors (Lipinski definition) is 3. The summed E-state index contributed by atoms with van der Waals surface area (Å²) >= 11 is 0. The van der Waals surface area contributed by atoms with E-state index >= 15 is 0 Å². The zero-order chi connectivity index (χ0) is 23.6. The maximum Gasteiger partial charge on any atom is 0.220 e. The van der Waals surface area contributed by atoms with E-state index in [1.165, 1.54) is 31.2 Å². The number of hydrogen-bond donors (Lipinski definition) is 1. The van der Waals surface area contributed by atoms with Gasteiger partial charge in [0.1, 0.15) is 6.10 Å². The van der Waals surface area contributed by atoms with Gasteiger partial charge in [-0.25, -0.2) is 0 Å². The first kappa shape index (κ1) is 26.9. The minimum absolute atomic E-state index is 0.00759. The first-order valence-electron chi connectivity index (χ1n) is 13.1. The summed E-state index contributed by atoms with van der Waals surface area (Å²) in [6.45, 7) is 13.4. The zero-order valence-corrected chi connectivity index (χ0v) is 21.6. The Hall–Kier alpha value is -1.39. The Labute approximate surface area is 197 Å². The van der Waals surface area contributed by atoms with E-state index in [2.05, 4.69) is 76.2 Å². The molecule has 1 N–H and O–H groups in total. The van der Waals surface area contributed by atoms with Crippen molar-refractivity contribution in [1.82, 2.24) is 10.4 Å². The summed E-state index contributed by atoms with van der Waals surface area (Å²) in [4.78, 5) is 19.4. The topological polar surface area (TPSA) is 41.6 Å². The number of nitrogens with one attached hydrogen (secondary N) is 1. The van der Waals surface area contributed by atoms with Crippen molar-refractivity contribution < 1.29 is 9.63 Å². The highest BCUT2D eigenvalue weighted by Gasteiger charge is 2.50. The molecule has 0 saturated carbocycles. The molecule has 1 aromatic rings. The highest BCUT2D eigenvalue weighted by Crippen LogP contribution is 2.44. The molecule has 1 fully saturated rings. The van der Waals surface area contributed by atoms with E-state index in [0.717, 1.165) is 38.5 Å². The van der Waals surface area contributed by atoms with Crippen molar-refractivity contribution in [3.05, 3.63) is 35.9 Å². The second kappa shape index (κ2) is 12.7. The average Bonchev–Trinajstić information content (AvgIpc) is 2.78. The van der Waals surface area contributed by atoms with Crippen LogP contribution in [0.5, 0.6) is 0 Å². The van der Waals surface area contributed by atoms with Crippen molar-refractivity contribution in [3.63, 3.8) is 0 Å². The fourth-order valence-electron chi connectivity index (χ4n) is 5.43. The minimum Gasteiger partial charge on any atom is -0.353 e. The molecule has 182 valence electrons. The van der Waals surface area contributed by atoms with E-state index < -0.39 is 0 Å². The van der Waals surface area contributed by atoms with Crippen LogP contribution >= 0.6 is 0 Å². The average molecular weight is 445 g/mol. The summed E-state index contributed by atoms with van der Waals surface area (Å²) in [6, 6.07) is 10.6. The maximum absolute atomic E-state index is 12.7. The third-order valence-electron chi connectivity index (χ3n) is 7.32. The number of amides is 1. The molecule has 1 aliphatic rings. The summed E-state index contributed by atoms with van der Waals surface area (Å²) in [5, 5.41) is 5.67. The Kier molecular flexibility index (Phi) is 10.7. The van der Waals surface area contributed by atoms with E-state index in [4.69, 9.17) is 4.84 Å². The van der Waals surface area contributed by atoms with Crippen LogP contribution in [0.15, 0.2) is 30.3 Å². The number of carbonyl (C=O) groups excluding carboxylic acids is 1. The predicted molar refractivity (Wildman–Crippen MR) is 134 cm³/mol. The van der Waals surface area contributed by atoms with E-state index in [9.17, 15) is 4.79 Å². The molecule has 0 radical (unpaired) electrons. The van der Waals surface area contributed by atoms with Gasteiger partial charge in [-0.2, -0.15) is 5.06 Å². The number of nitrogens with zero attached hydrogens (tertiary/aromatic N) is 1. The van der Waals surface area contributed by atoms with Gasteiger partial charge < -0.3 is 5.32 Å². The van der Waals surface area contributed by atoms with Crippen molar-refractivity contribution >= 4 is 5.91 Å². The molecule has 4 nitrogen and oxygen atoms in total. The number of unbranched alkanes of at least 4 members (excludes halogenated alkanes) is 5. The molecule has 2 atom stereocenters. The normalized spacial score (nSPS) is 21.2. The first-order chi connectivity index (χ1) is 15.3. The van der Waals surface area contributed by atoms with Gasteiger partial charge in [0.25, 0.3) is 0 Å². The van der Waals surface area contributed by atoms with Crippen molar-refractivity contribution in [3.8, 4) is 0 Å². The zero-order valence-electron chi connectivity index (χ0n) is 21.6. The van der Waals surface area contributed by atoms with Gasteiger partial charge in [-0.1, -0.05) is 83.2 Å². The Balaban J connectivity index is 2.01. The third kappa shape index (κ3) is 7.31. The summed E-state index contributed by atoms with van der Waals surface area (Å²) in [6.07, 6.45) is 11.8. The van der Waals surface area contributed by atoms with Crippen LogP contribution in [0.25, 0.3) is 0 Å². The Morgan fingerprint density at radius 1 is 1.03 bits per heavy atom. The Morgan fingerprint density at radius 3 is 2.28 bits per heavy atom. The highest BCUT2D eigenvalue weighted by molar-refractivity contribution is 5.76. The predicted octanol–water partition coefficient (Wildman–Crippen LogP) is 7.35. The van der Waals surface area contributed by atoms with Crippen LogP contribution in [-0.2, 0) is 9.63 Å². The molecule has 0 unspecified atom stereocenters. The van der Waals surface area contributed by atoms with Gasteiger partial charge in [-0.15, -0.1) is 0 Å². The molecule has 0 spiro atoms.